The van der Waals surface area contributed by atoms with Gasteiger partial charge in [-0.1, -0.05) is 0 Å². The number of benzene rings is 2. The first-order chi connectivity index (χ1) is 23.0. The van der Waals surface area contributed by atoms with E-state index in [4.69, 9.17) is 4.42 Å². The van der Waals surface area contributed by atoms with Gasteiger partial charge in [0.25, 0.3) is 0 Å². The third kappa shape index (κ3) is 7.26. The van der Waals surface area contributed by atoms with Crippen LogP contribution >= 0.6 is 31.9 Å². The first-order valence-corrected chi connectivity index (χ1v) is 16.3. The molecule has 6 heterocycles. The number of nitrogens with zero attached hydrogens (tertiary/aromatic N) is 5. The van der Waals surface area contributed by atoms with Gasteiger partial charge in [0.1, 0.15) is 11.6 Å². The Kier molecular flexibility index (Phi) is 8.80. The molecular weight excluding hydrogens is 724 g/mol. The molecule has 0 radical (unpaired) electrons. The highest BCUT2D eigenvalue weighted by atomic mass is 79.9. The summed E-state index contributed by atoms with van der Waals surface area (Å²) in [5.41, 5.74) is 10.6. The van der Waals surface area contributed by atoms with E-state index in [-0.39, 0.29) is 0 Å². The van der Waals surface area contributed by atoms with E-state index in [0.717, 1.165) is 77.6 Å². The van der Waals surface area contributed by atoms with Crippen LogP contribution < -0.4 is 10.6 Å². The number of pyridine rings is 2. The zero-order valence-corrected chi connectivity index (χ0v) is 28.2. The quantitative estimate of drug-likeness (QED) is 0.104. The number of hydrogen-bond donors (Lipinski definition) is 5. The summed E-state index contributed by atoms with van der Waals surface area (Å²) in [6, 6.07) is 22.2. The highest BCUT2D eigenvalue weighted by Crippen LogP contribution is 2.25. The second-order valence-corrected chi connectivity index (χ2v) is 12.5. The van der Waals surface area contributed by atoms with Crippen LogP contribution in [-0.2, 0) is 13.1 Å². The zero-order chi connectivity index (χ0) is 32.2. The summed E-state index contributed by atoms with van der Waals surface area (Å²) in [5.74, 6) is 1.62. The highest BCUT2D eigenvalue weighted by molar-refractivity contribution is 9.10. The fourth-order valence-electron chi connectivity index (χ4n) is 4.86. The highest BCUT2D eigenvalue weighted by Gasteiger charge is 2.09. The molecule has 0 saturated carbocycles. The largest absolute Gasteiger partial charge is 0.472 e. The normalized spacial score (nSPS) is 11.0. The lowest BCUT2D eigenvalue weighted by Crippen LogP contribution is -2.01. The van der Waals surface area contributed by atoms with Gasteiger partial charge in [0.15, 0.2) is 11.3 Å². The molecule has 0 amide bonds. The molecule has 0 aliphatic rings. The molecule has 0 atom stereocenters. The van der Waals surface area contributed by atoms with E-state index in [2.05, 4.69) is 82.4 Å². The monoisotopic (exact) mass is 750 g/mol. The Balaban J connectivity index is 0.000000150. The van der Waals surface area contributed by atoms with Gasteiger partial charge in [0, 0.05) is 61.6 Å². The molecule has 0 fully saturated rings. The molecular formula is C34H28Br2N10O. The van der Waals surface area contributed by atoms with Crippen LogP contribution in [0.25, 0.3) is 45.1 Å². The van der Waals surface area contributed by atoms with Crippen molar-refractivity contribution in [3.63, 3.8) is 0 Å². The average molecular weight is 752 g/mol. The molecule has 0 spiro atoms. The minimum absolute atomic E-state index is 0.692. The fourth-order valence-corrected chi connectivity index (χ4v) is 5.53. The maximum atomic E-state index is 5.06. The first-order valence-electron chi connectivity index (χ1n) is 14.7. The first kappa shape index (κ1) is 30.4. The summed E-state index contributed by atoms with van der Waals surface area (Å²) in [5, 5.41) is 6.72. The number of halogens is 2. The lowest BCUT2D eigenvalue weighted by atomic mass is 10.2. The molecule has 8 rings (SSSR count). The number of aromatic nitrogens is 8. The van der Waals surface area contributed by atoms with E-state index in [9.17, 15) is 0 Å². The molecule has 2 aromatic carbocycles. The number of fused-ring (bicyclic) bond motifs is 2. The van der Waals surface area contributed by atoms with Gasteiger partial charge in [0.05, 0.1) is 42.1 Å². The number of hydrogen-bond acceptors (Lipinski definition) is 8. The van der Waals surface area contributed by atoms with E-state index in [1.165, 1.54) is 0 Å². The number of nitrogens with one attached hydrogen (secondary N) is 5. The van der Waals surface area contributed by atoms with Crippen LogP contribution in [0, 0.1) is 6.92 Å². The number of aryl methyl sites for hydroxylation is 1. The van der Waals surface area contributed by atoms with Crippen LogP contribution in [0.5, 0.6) is 0 Å². The minimum atomic E-state index is 0.692. The Labute approximate surface area is 286 Å². The standard InChI is InChI=1S/C17H15BrN6.C17H13BrN4O/c1-10-15(22-9-21-10)8-19-13-4-2-11(3-5-13)16-23-14-6-12(18)7-20-17(14)24-16;18-13-7-15-17(20-9-13)22-16(21-15)12-1-3-14(4-2-12)19-8-11-5-6-23-10-11/h2-7,9,19H,8H2,1H3,(H,21,22)(H,20,23,24);1-7,9-10,19H,8H2,(H,20,21,22). The maximum absolute atomic E-state index is 5.06. The van der Waals surface area contributed by atoms with Crippen molar-refractivity contribution in [2.24, 2.45) is 0 Å². The van der Waals surface area contributed by atoms with Crippen molar-refractivity contribution < 1.29 is 4.42 Å². The Bertz CT molecular complexity index is 2240. The second-order valence-electron chi connectivity index (χ2n) is 10.7. The molecule has 234 valence electrons. The van der Waals surface area contributed by atoms with Crippen molar-refractivity contribution in [2.75, 3.05) is 10.6 Å². The summed E-state index contributed by atoms with van der Waals surface area (Å²) in [7, 11) is 0. The number of H-pyrrole nitrogens is 3. The van der Waals surface area contributed by atoms with Gasteiger partial charge in [-0.05, 0) is 106 Å². The number of anilines is 2. The molecule has 8 aromatic rings. The predicted octanol–water partition coefficient (Wildman–Crippen LogP) is 8.62. The van der Waals surface area contributed by atoms with E-state index in [1.54, 1.807) is 31.2 Å². The van der Waals surface area contributed by atoms with Crippen LogP contribution in [0.1, 0.15) is 17.0 Å². The maximum Gasteiger partial charge on any atom is 0.178 e. The number of furan rings is 1. The lowest BCUT2D eigenvalue weighted by molar-refractivity contribution is 0.564. The molecule has 0 bridgehead atoms. The molecule has 11 nitrogen and oxygen atoms in total. The van der Waals surface area contributed by atoms with Gasteiger partial charge >= 0.3 is 0 Å². The topological polar surface area (TPSA) is 149 Å². The molecule has 0 saturated heterocycles. The van der Waals surface area contributed by atoms with Crippen LogP contribution in [0.15, 0.2) is 111 Å². The smallest absolute Gasteiger partial charge is 0.178 e. The van der Waals surface area contributed by atoms with Gasteiger partial charge in [-0.3, -0.25) is 0 Å². The Hall–Kier alpha value is -5.27. The fraction of sp³-hybridized carbons (Fsp3) is 0.0882. The summed E-state index contributed by atoms with van der Waals surface area (Å²) in [4.78, 5) is 31.6. The van der Waals surface area contributed by atoms with Crippen LogP contribution in [0.2, 0.25) is 0 Å². The van der Waals surface area contributed by atoms with Gasteiger partial charge in [-0.2, -0.15) is 0 Å². The van der Waals surface area contributed by atoms with E-state index in [1.807, 2.05) is 73.7 Å². The van der Waals surface area contributed by atoms with E-state index in [0.29, 0.717) is 17.8 Å². The minimum Gasteiger partial charge on any atom is -0.472 e. The average Bonchev–Trinajstić information content (AvgIpc) is 3.91. The van der Waals surface area contributed by atoms with E-state index >= 15 is 0 Å². The third-order valence-corrected chi connectivity index (χ3v) is 8.26. The zero-order valence-electron chi connectivity index (χ0n) is 25.1. The molecule has 0 aliphatic carbocycles. The second kappa shape index (κ2) is 13.6. The van der Waals surface area contributed by atoms with Crippen LogP contribution in [0.4, 0.5) is 11.4 Å². The van der Waals surface area contributed by atoms with Crippen LogP contribution in [0.3, 0.4) is 0 Å². The molecule has 5 N–H and O–H groups in total. The summed E-state index contributed by atoms with van der Waals surface area (Å²) >= 11 is 6.84. The van der Waals surface area contributed by atoms with E-state index < -0.39 is 0 Å². The molecule has 0 unspecified atom stereocenters. The van der Waals surface area contributed by atoms with Gasteiger partial charge in [-0.25, -0.2) is 24.9 Å². The van der Waals surface area contributed by atoms with Crippen molar-refractivity contribution in [1.29, 1.82) is 0 Å². The van der Waals surface area contributed by atoms with Gasteiger partial charge in [-0.15, -0.1) is 0 Å². The Morgan fingerprint density at radius 1 is 0.702 bits per heavy atom. The van der Waals surface area contributed by atoms with Crippen molar-refractivity contribution in [3.05, 3.63) is 124 Å². The number of rotatable bonds is 8. The number of imidazole rings is 3. The van der Waals surface area contributed by atoms with Crippen LogP contribution in [-0.4, -0.2) is 39.9 Å². The van der Waals surface area contributed by atoms with Gasteiger partial charge < -0.3 is 30.0 Å². The van der Waals surface area contributed by atoms with Crippen molar-refractivity contribution in [3.8, 4) is 22.8 Å². The summed E-state index contributed by atoms with van der Waals surface area (Å²) in [6.45, 7) is 3.44. The lowest BCUT2D eigenvalue weighted by Gasteiger charge is -2.06. The SMILES string of the molecule is Brc1cnc2nc(-c3ccc(NCc4ccoc4)cc3)[nH]c2c1.Cc1[nH]cnc1CNc1ccc(-c2nc3ncc(Br)cc3[nH]2)cc1. The summed E-state index contributed by atoms with van der Waals surface area (Å²) < 4.78 is 6.91. The molecule has 47 heavy (non-hydrogen) atoms. The Morgan fingerprint density at radius 3 is 1.74 bits per heavy atom. The Morgan fingerprint density at radius 2 is 1.26 bits per heavy atom. The molecule has 13 heteroatoms. The number of aromatic amines is 3. The van der Waals surface area contributed by atoms with Crippen molar-refractivity contribution in [1.82, 2.24) is 39.9 Å². The predicted molar refractivity (Wildman–Crippen MR) is 191 cm³/mol. The third-order valence-electron chi connectivity index (χ3n) is 7.40. The van der Waals surface area contributed by atoms with Crippen molar-refractivity contribution >= 4 is 65.6 Å². The van der Waals surface area contributed by atoms with Gasteiger partial charge in [0.2, 0.25) is 0 Å². The summed E-state index contributed by atoms with van der Waals surface area (Å²) in [6.07, 6.45) is 8.62. The molecule has 6 aromatic heterocycles. The van der Waals surface area contributed by atoms with Crippen molar-refractivity contribution in [2.45, 2.75) is 20.0 Å². The molecule has 0 aliphatic heterocycles.